The van der Waals surface area contributed by atoms with Crippen LogP contribution in [0.3, 0.4) is 0 Å². The molecule has 3 aromatic rings. The predicted octanol–water partition coefficient (Wildman–Crippen LogP) is 4.14. The second-order valence-electron chi connectivity index (χ2n) is 8.10. The van der Waals surface area contributed by atoms with E-state index in [1.807, 2.05) is 37.3 Å². The average Bonchev–Trinajstić information content (AvgIpc) is 3.07. The van der Waals surface area contributed by atoms with Crippen LogP contribution >= 0.6 is 0 Å². The Morgan fingerprint density at radius 1 is 1.23 bits per heavy atom. The number of fused-ring (bicyclic) bond motifs is 3. The number of carbonyl (C=O) groups excluding carboxylic acids is 1. The molecule has 0 amide bonds. The molecule has 1 fully saturated rings. The SMILES string of the molecule is Cc1nn(C(=O)c2c(-c3ccccc3)noc2C)c2c1C1C(C2)C1(C)C. The first-order valence-corrected chi connectivity index (χ1v) is 9.06. The molecule has 1 aromatic carbocycles. The number of hydrogen-bond acceptors (Lipinski definition) is 4. The smallest absolute Gasteiger partial charge is 0.284 e. The van der Waals surface area contributed by atoms with Crippen LogP contribution in [-0.4, -0.2) is 20.8 Å². The van der Waals surface area contributed by atoms with Crippen LogP contribution in [0.5, 0.6) is 0 Å². The maximum Gasteiger partial charge on any atom is 0.284 e. The van der Waals surface area contributed by atoms with Crippen molar-refractivity contribution in [3.05, 3.63) is 58.6 Å². The Labute approximate surface area is 152 Å². The van der Waals surface area contributed by atoms with Gasteiger partial charge in [-0.3, -0.25) is 4.79 Å². The van der Waals surface area contributed by atoms with Crippen LogP contribution in [0, 0.1) is 25.2 Å². The van der Waals surface area contributed by atoms with Crippen LogP contribution in [0.2, 0.25) is 0 Å². The van der Waals surface area contributed by atoms with Crippen LogP contribution in [0.25, 0.3) is 11.3 Å². The van der Waals surface area contributed by atoms with E-state index in [-0.39, 0.29) is 5.91 Å². The zero-order valence-corrected chi connectivity index (χ0v) is 15.4. The van der Waals surface area contributed by atoms with Crippen LogP contribution in [0.1, 0.15) is 52.8 Å². The number of hydrogen-bond donors (Lipinski definition) is 0. The number of aromatic nitrogens is 3. The van der Waals surface area contributed by atoms with Crippen molar-refractivity contribution in [2.45, 2.75) is 40.0 Å². The lowest BCUT2D eigenvalue weighted by Crippen LogP contribution is -2.18. The molecule has 0 aliphatic heterocycles. The number of carbonyl (C=O) groups is 1. The number of aryl methyl sites for hydroxylation is 2. The summed E-state index contributed by atoms with van der Waals surface area (Å²) in [7, 11) is 0. The van der Waals surface area contributed by atoms with E-state index in [1.165, 1.54) is 5.56 Å². The highest BCUT2D eigenvalue weighted by Gasteiger charge is 2.64. The molecule has 1 saturated carbocycles. The Kier molecular flexibility index (Phi) is 2.95. The monoisotopic (exact) mass is 347 g/mol. The van der Waals surface area contributed by atoms with E-state index in [9.17, 15) is 4.79 Å². The Bertz CT molecular complexity index is 1040. The van der Waals surface area contributed by atoms with Gasteiger partial charge in [-0.2, -0.15) is 5.10 Å². The van der Waals surface area contributed by atoms with Crippen molar-refractivity contribution in [1.82, 2.24) is 14.9 Å². The molecular weight excluding hydrogens is 326 g/mol. The van der Waals surface area contributed by atoms with Crippen molar-refractivity contribution in [2.24, 2.45) is 11.3 Å². The van der Waals surface area contributed by atoms with Crippen molar-refractivity contribution >= 4 is 5.91 Å². The molecule has 132 valence electrons. The average molecular weight is 347 g/mol. The molecular formula is C21H21N3O2. The maximum atomic E-state index is 13.4. The van der Waals surface area contributed by atoms with Gasteiger partial charge in [0.1, 0.15) is 17.0 Å². The molecule has 2 heterocycles. The third-order valence-electron chi connectivity index (χ3n) is 6.30. The molecule has 0 spiro atoms. The van der Waals surface area contributed by atoms with Crippen molar-refractivity contribution in [3.8, 4) is 11.3 Å². The summed E-state index contributed by atoms with van der Waals surface area (Å²) in [6, 6.07) is 9.67. The lowest BCUT2D eigenvalue weighted by molar-refractivity contribution is 0.0940. The van der Waals surface area contributed by atoms with E-state index >= 15 is 0 Å². The van der Waals surface area contributed by atoms with Crippen LogP contribution in [0.4, 0.5) is 0 Å². The van der Waals surface area contributed by atoms with Crippen molar-refractivity contribution in [3.63, 3.8) is 0 Å². The minimum Gasteiger partial charge on any atom is -0.360 e. The third kappa shape index (κ3) is 1.88. The summed E-state index contributed by atoms with van der Waals surface area (Å²) in [5, 5.41) is 8.75. The normalized spacial score (nSPS) is 22.2. The van der Waals surface area contributed by atoms with Gasteiger partial charge in [-0.25, -0.2) is 4.68 Å². The second-order valence-corrected chi connectivity index (χ2v) is 8.10. The van der Waals surface area contributed by atoms with Gasteiger partial charge in [0.15, 0.2) is 0 Å². The van der Waals surface area contributed by atoms with Gasteiger partial charge >= 0.3 is 0 Å². The summed E-state index contributed by atoms with van der Waals surface area (Å²) in [5.41, 5.74) is 5.61. The summed E-state index contributed by atoms with van der Waals surface area (Å²) in [6.07, 6.45) is 0.921. The first kappa shape index (κ1) is 15.6. The second kappa shape index (κ2) is 4.93. The van der Waals surface area contributed by atoms with Gasteiger partial charge in [-0.15, -0.1) is 0 Å². The summed E-state index contributed by atoms with van der Waals surface area (Å²) < 4.78 is 6.97. The van der Waals surface area contributed by atoms with Crippen LogP contribution in [-0.2, 0) is 6.42 Å². The van der Waals surface area contributed by atoms with Gasteiger partial charge in [0.2, 0.25) is 0 Å². The van der Waals surface area contributed by atoms with E-state index in [1.54, 1.807) is 11.6 Å². The van der Waals surface area contributed by atoms with Gasteiger partial charge in [0.05, 0.1) is 11.4 Å². The highest BCUT2D eigenvalue weighted by molar-refractivity contribution is 6.02. The summed E-state index contributed by atoms with van der Waals surface area (Å²) in [5.74, 6) is 1.55. The Morgan fingerprint density at radius 2 is 1.96 bits per heavy atom. The fourth-order valence-corrected chi connectivity index (χ4v) is 4.79. The van der Waals surface area contributed by atoms with Crippen LogP contribution < -0.4 is 0 Å². The maximum absolute atomic E-state index is 13.4. The molecule has 2 atom stereocenters. The molecule has 0 N–H and O–H groups in total. The Morgan fingerprint density at radius 3 is 2.69 bits per heavy atom. The number of rotatable bonds is 2. The van der Waals surface area contributed by atoms with Gasteiger partial charge in [-0.1, -0.05) is 49.3 Å². The number of nitrogens with zero attached hydrogens (tertiary/aromatic N) is 3. The molecule has 0 bridgehead atoms. The zero-order chi connectivity index (χ0) is 18.2. The molecule has 0 radical (unpaired) electrons. The molecule has 2 unspecified atom stereocenters. The lowest BCUT2D eigenvalue weighted by atomic mass is 9.98. The highest BCUT2D eigenvalue weighted by atomic mass is 16.5. The zero-order valence-electron chi connectivity index (χ0n) is 15.4. The minimum atomic E-state index is -0.147. The Hall–Kier alpha value is -2.69. The van der Waals surface area contributed by atoms with E-state index in [0.717, 1.165) is 23.4 Å². The van der Waals surface area contributed by atoms with E-state index in [4.69, 9.17) is 4.52 Å². The predicted molar refractivity (Wildman–Crippen MR) is 97.1 cm³/mol. The van der Waals surface area contributed by atoms with Crippen molar-refractivity contribution in [1.29, 1.82) is 0 Å². The fourth-order valence-electron chi connectivity index (χ4n) is 4.79. The summed E-state index contributed by atoms with van der Waals surface area (Å²) in [6.45, 7) is 8.41. The quantitative estimate of drug-likeness (QED) is 0.699. The fraction of sp³-hybridized carbons (Fsp3) is 0.381. The van der Waals surface area contributed by atoms with Gasteiger partial charge in [-0.05, 0) is 37.5 Å². The standard InChI is InChI=1S/C21H21N3O2/c1-11-16-15(10-14-18(16)21(14,3)4)24(22-11)20(25)17-12(2)26-23-19(17)13-8-6-5-7-9-13/h5-9,14,18H,10H2,1-4H3. The molecule has 5 nitrogen and oxygen atoms in total. The van der Waals surface area contributed by atoms with Crippen molar-refractivity contribution < 1.29 is 9.32 Å². The molecule has 5 rings (SSSR count). The summed E-state index contributed by atoms with van der Waals surface area (Å²) >= 11 is 0. The van der Waals surface area contributed by atoms with Crippen molar-refractivity contribution in [2.75, 3.05) is 0 Å². The molecule has 5 heteroatoms. The van der Waals surface area contributed by atoms with Crippen LogP contribution in [0.15, 0.2) is 34.9 Å². The topological polar surface area (TPSA) is 60.9 Å². The molecule has 2 aromatic heterocycles. The largest absolute Gasteiger partial charge is 0.360 e. The first-order chi connectivity index (χ1) is 12.4. The number of benzene rings is 1. The third-order valence-corrected chi connectivity index (χ3v) is 6.30. The van der Waals surface area contributed by atoms with Gasteiger partial charge in [0.25, 0.3) is 5.91 Å². The van der Waals surface area contributed by atoms with Gasteiger partial charge in [0, 0.05) is 11.1 Å². The molecule has 2 aliphatic rings. The van der Waals surface area contributed by atoms with E-state index in [0.29, 0.717) is 34.3 Å². The molecule has 0 saturated heterocycles. The minimum absolute atomic E-state index is 0.147. The first-order valence-electron chi connectivity index (χ1n) is 9.06. The molecule has 26 heavy (non-hydrogen) atoms. The summed E-state index contributed by atoms with van der Waals surface area (Å²) in [4.78, 5) is 13.4. The van der Waals surface area contributed by atoms with E-state index in [2.05, 4.69) is 24.1 Å². The van der Waals surface area contributed by atoms with E-state index < -0.39 is 0 Å². The highest BCUT2D eigenvalue weighted by Crippen LogP contribution is 2.70. The molecule has 2 aliphatic carbocycles. The van der Waals surface area contributed by atoms with Gasteiger partial charge < -0.3 is 4.52 Å². The lowest BCUT2D eigenvalue weighted by Gasteiger charge is -2.10. The Balaban J connectivity index is 1.61.